The second-order valence-electron chi connectivity index (χ2n) is 6.68. The number of rotatable bonds is 8. The molecule has 0 aliphatic heterocycles. The molecule has 2 aromatic rings. The van der Waals surface area contributed by atoms with Gasteiger partial charge in [-0.05, 0) is 38.3 Å². The number of benzene rings is 2. The minimum Gasteiger partial charge on any atom is -0.490 e. The van der Waals surface area contributed by atoms with E-state index in [0.717, 1.165) is 35.1 Å². The zero-order chi connectivity index (χ0) is 18.5. The fourth-order valence-corrected chi connectivity index (χ4v) is 3.65. The van der Waals surface area contributed by atoms with Gasteiger partial charge in [-0.15, -0.1) is 0 Å². The molecule has 4 heteroatoms. The van der Waals surface area contributed by atoms with E-state index in [0.29, 0.717) is 26.4 Å². The fraction of sp³-hybridized carbons (Fsp3) is 0.455. The van der Waals surface area contributed by atoms with Crippen molar-refractivity contribution in [3.8, 4) is 11.5 Å². The van der Waals surface area contributed by atoms with Gasteiger partial charge in [0.2, 0.25) is 0 Å². The quantitative estimate of drug-likeness (QED) is 0.526. The molecule has 0 radical (unpaired) electrons. The summed E-state index contributed by atoms with van der Waals surface area (Å²) < 4.78 is 22.8. The molecule has 0 unspecified atom stereocenters. The molecule has 0 aromatic heterocycles. The predicted molar refractivity (Wildman–Crippen MR) is 105 cm³/mol. The highest BCUT2D eigenvalue weighted by Gasteiger charge is 2.23. The van der Waals surface area contributed by atoms with Gasteiger partial charge in [0.05, 0.1) is 13.2 Å². The largest absolute Gasteiger partial charge is 0.490 e. The van der Waals surface area contributed by atoms with E-state index in [1.165, 1.54) is 22.3 Å². The first-order valence-electron chi connectivity index (χ1n) is 9.14. The molecule has 1 aliphatic rings. The zero-order valence-corrected chi connectivity index (χ0v) is 16.2. The smallest absolute Gasteiger partial charge is 0.131 e. The Kier molecular flexibility index (Phi) is 6.17. The molecular weight excluding hydrogens is 328 g/mol. The van der Waals surface area contributed by atoms with Crippen molar-refractivity contribution < 1.29 is 18.9 Å². The zero-order valence-electron chi connectivity index (χ0n) is 16.2. The molecule has 0 atom stereocenters. The maximum absolute atomic E-state index is 6.22. The summed E-state index contributed by atoms with van der Waals surface area (Å²) >= 11 is 0. The maximum Gasteiger partial charge on any atom is 0.131 e. The van der Waals surface area contributed by atoms with Crippen molar-refractivity contribution in [2.75, 3.05) is 40.6 Å². The Morgan fingerprint density at radius 2 is 1.35 bits per heavy atom. The summed E-state index contributed by atoms with van der Waals surface area (Å²) in [5.41, 5.74) is 4.89. The Hall–Kier alpha value is -2.04. The normalized spacial score (nSPS) is 13.1. The van der Waals surface area contributed by atoms with Crippen molar-refractivity contribution in [2.45, 2.75) is 26.7 Å². The highest BCUT2D eigenvalue weighted by atomic mass is 16.5. The lowest BCUT2D eigenvalue weighted by Gasteiger charge is -2.24. The van der Waals surface area contributed by atoms with Crippen molar-refractivity contribution in [1.82, 2.24) is 0 Å². The standard InChI is InChI=1S/C22H28O4/c1-15-13-16(2)20-19(14-15)21(25-11-9-23-3)17-7-5-6-8-18(17)22(20)26-12-10-24-4/h5-6,13-14H,7-12H2,1-4H3. The summed E-state index contributed by atoms with van der Waals surface area (Å²) in [6, 6.07) is 4.40. The molecule has 0 N–H and O–H groups in total. The summed E-state index contributed by atoms with van der Waals surface area (Å²) in [5, 5.41) is 2.27. The van der Waals surface area contributed by atoms with E-state index in [9.17, 15) is 0 Å². The van der Waals surface area contributed by atoms with Crippen LogP contribution in [0.15, 0.2) is 24.3 Å². The van der Waals surface area contributed by atoms with E-state index in [1.807, 2.05) is 0 Å². The fourth-order valence-electron chi connectivity index (χ4n) is 3.65. The Labute approximate surface area is 155 Å². The summed E-state index contributed by atoms with van der Waals surface area (Å²) in [4.78, 5) is 0. The first-order valence-corrected chi connectivity index (χ1v) is 9.14. The Morgan fingerprint density at radius 3 is 1.96 bits per heavy atom. The van der Waals surface area contributed by atoms with E-state index in [4.69, 9.17) is 18.9 Å². The average molecular weight is 356 g/mol. The van der Waals surface area contributed by atoms with Crippen molar-refractivity contribution >= 4 is 10.8 Å². The van der Waals surface area contributed by atoms with Crippen LogP contribution in [0.1, 0.15) is 22.3 Å². The molecule has 0 heterocycles. The highest BCUT2D eigenvalue weighted by molar-refractivity contribution is 5.99. The SMILES string of the molecule is COCCOc1c2c(c(OCCOC)c3c(C)cc(C)cc13)CC=CC2. The van der Waals surface area contributed by atoms with Gasteiger partial charge in [-0.3, -0.25) is 0 Å². The van der Waals surface area contributed by atoms with Crippen LogP contribution in [0.4, 0.5) is 0 Å². The topological polar surface area (TPSA) is 36.9 Å². The van der Waals surface area contributed by atoms with Crippen molar-refractivity contribution in [3.63, 3.8) is 0 Å². The maximum atomic E-state index is 6.22. The van der Waals surface area contributed by atoms with E-state index >= 15 is 0 Å². The molecule has 0 saturated carbocycles. The number of hydrogen-bond acceptors (Lipinski definition) is 4. The van der Waals surface area contributed by atoms with Crippen LogP contribution in [0.5, 0.6) is 11.5 Å². The van der Waals surface area contributed by atoms with Crippen LogP contribution in [0.3, 0.4) is 0 Å². The first-order chi connectivity index (χ1) is 12.7. The predicted octanol–water partition coefficient (Wildman–Crippen LogP) is 4.16. The minimum atomic E-state index is 0.540. The number of fused-ring (bicyclic) bond motifs is 2. The molecule has 0 fully saturated rings. The van der Waals surface area contributed by atoms with Gasteiger partial charge < -0.3 is 18.9 Å². The molecular formula is C22H28O4. The molecule has 0 spiro atoms. The van der Waals surface area contributed by atoms with Crippen LogP contribution in [0.25, 0.3) is 10.8 Å². The Balaban J connectivity index is 2.20. The van der Waals surface area contributed by atoms with Crippen LogP contribution in [-0.2, 0) is 22.3 Å². The second-order valence-corrected chi connectivity index (χ2v) is 6.68. The van der Waals surface area contributed by atoms with Crippen LogP contribution in [0.2, 0.25) is 0 Å². The molecule has 3 rings (SSSR count). The van der Waals surface area contributed by atoms with Crippen LogP contribution in [0, 0.1) is 13.8 Å². The van der Waals surface area contributed by atoms with E-state index in [2.05, 4.69) is 38.1 Å². The molecule has 4 nitrogen and oxygen atoms in total. The van der Waals surface area contributed by atoms with Crippen LogP contribution in [-0.4, -0.2) is 40.6 Å². The summed E-state index contributed by atoms with van der Waals surface area (Å²) in [7, 11) is 3.39. The van der Waals surface area contributed by atoms with E-state index in [1.54, 1.807) is 14.2 Å². The van der Waals surface area contributed by atoms with Gasteiger partial charge >= 0.3 is 0 Å². The summed E-state index contributed by atoms with van der Waals surface area (Å²) in [5.74, 6) is 1.95. The Bertz CT molecular complexity index is 808. The molecule has 1 aliphatic carbocycles. The molecule has 2 aromatic carbocycles. The molecule has 0 saturated heterocycles. The monoisotopic (exact) mass is 356 g/mol. The lowest BCUT2D eigenvalue weighted by molar-refractivity contribution is 0.145. The van der Waals surface area contributed by atoms with Crippen molar-refractivity contribution in [3.05, 3.63) is 46.5 Å². The summed E-state index contributed by atoms with van der Waals surface area (Å²) in [6.45, 7) is 6.49. The van der Waals surface area contributed by atoms with Crippen LogP contribution < -0.4 is 9.47 Å². The van der Waals surface area contributed by atoms with Crippen molar-refractivity contribution in [1.29, 1.82) is 0 Å². The number of methoxy groups -OCH3 is 2. The lowest BCUT2D eigenvalue weighted by Crippen LogP contribution is -2.13. The van der Waals surface area contributed by atoms with Gasteiger partial charge in [0.1, 0.15) is 24.7 Å². The van der Waals surface area contributed by atoms with Gasteiger partial charge in [0.15, 0.2) is 0 Å². The first kappa shape index (κ1) is 18.7. The van der Waals surface area contributed by atoms with Gasteiger partial charge in [-0.2, -0.15) is 0 Å². The van der Waals surface area contributed by atoms with Gasteiger partial charge in [0, 0.05) is 36.1 Å². The number of hydrogen-bond donors (Lipinski definition) is 0. The molecule has 0 amide bonds. The molecule has 0 bridgehead atoms. The van der Waals surface area contributed by atoms with E-state index in [-0.39, 0.29) is 0 Å². The second kappa shape index (κ2) is 8.56. The number of ether oxygens (including phenoxy) is 4. The highest BCUT2D eigenvalue weighted by Crippen LogP contribution is 2.44. The summed E-state index contributed by atoms with van der Waals surface area (Å²) in [6.07, 6.45) is 6.14. The third-order valence-electron chi connectivity index (χ3n) is 4.74. The Morgan fingerprint density at radius 1 is 0.769 bits per heavy atom. The third-order valence-corrected chi connectivity index (χ3v) is 4.74. The van der Waals surface area contributed by atoms with Crippen molar-refractivity contribution in [2.24, 2.45) is 0 Å². The van der Waals surface area contributed by atoms with Crippen LogP contribution >= 0.6 is 0 Å². The minimum absolute atomic E-state index is 0.540. The van der Waals surface area contributed by atoms with Gasteiger partial charge in [-0.25, -0.2) is 0 Å². The number of aryl methyl sites for hydroxylation is 2. The lowest BCUT2D eigenvalue weighted by atomic mass is 9.88. The number of allylic oxidation sites excluding steroid dienone is 2. The molecule has 26 heavy (non-hydrogen) atoms. The molecule has 140 valence electrons. The third kappa shape index (κ3) is 3.71. The van der Waals surface area contributed by atoms with Gasteiger partial charge in [-0.1, -0.05) is 23.8 Å². The van der Waals surface area contributed by atoms with E-state index < -0.39 is 0 Å². The van der Waals surface area contributed by atoms with Gasteiger partial charge in [0.25, 0.3) is 0 Å². The average Bonchev–Trinajstić information content (AvgIpc) is 2.63.